The molecule has 2 aliphatic rings. The molecule has 0 atom stereocenters. The smallest absolute Gasteiger partial charge is 0.269 e. The average Bonchev–Trinajstić information content (AvgIpc) is 2.93. The number of amides is 1. The van der Waals surface area contributed by atoms with E-state index in [1.165, 1.54) is 6.33 Å². The van der Waals surface area contributed by atoms with Crippen molar-refractivity contribution in [3.8, 4) is 11.6 Å². The van der Waals surface area contributed by atoms with Gasteiger partial charge in [0.2, 0.25) is 5.88 Å². The highest BCUT2D eigenvalue weighted by Gasteiger charge is 2.26. The molecule has 192 valence electrons. The van der Waals surface area contributed by atoms with Crippen molar-refractivity contribution in [3.63, 3.8) is 0 Å². The second kappa shape index (κ2) is 11.0. The van der Waals surface area contributed by atoms with E-state index in [0.717, 1.165) is 67.5 Å². The zero-order valence-corrected chi connectivity index (χ0v) is 20.8. The van der Waals surface area contributed by atoms with Crippen LogP contribution in [0.3, 0.4) is 0 Å². The summed E-state index contributed by atoms with van der Waals surface area (Å²) in [5.41, 5.74) is 2.29. The molecule has 5 rings (SSSR count). The highest BCUT2D eigenvalue weighted by Crippen LogP contribution is 2.38. The number of nitrogens with one attached hydrogen (secondary N) is 1. The molecule has 2 aromatic heterocycles. The number of anilines is 1. The summed E-state index contributed by atoms with van der Waals surface area (Å²) in [6, 6.07) is 5.80. The van der Waals surface area contributed by atoms with Crippen LogP contribution in [0.1, 0.15) is 43.4 Å². The molecule has 10 nitrogen and oxygen atoms in total. The molecule has 1 saturated heterocycles. The molecule has 0 unspecified atom stereocenters. The quantitative estimate of drug-likeness (QED) is 0.530. The van der Waals surface area contributed by atoms with Gasteiger partial charge in [0.05, 0.1) is 31.9 Å². The Morgan fingerprint density at radius 1 is 1.17 bits per heavy atom. The minimum atomic E-state index is -0.193. The lowest BCUT2D eigenvalue weighted by molar-refractivity contribution is 0.0957. The zero-order valence-electron chi connectivity index (χ0n) is 20.8. The first kappa shape index (κ1) is 24.2. The minimum absolute atomic E-state index is 0. The topological polar surface area (TPSA) is 112 Å². The van der Waals surface area contributed by atoms with E-state index in [4.69, 9.17) is 14.2 Å². The number of rotatable bonds is 7. The van der Waals surface area contributed by atoms with Crippen LogP contribution in [0.25, 0.3) is 10.9 Å². The molecule has 1 saturated carbocycles. The van der Waals surface area contributed by atoms with Crippen LogP contribution in [0.4, 0.5) is 5.69 Å². The minimum Gasteiger partial charge on any atom is -0.489 e. The Morgan fingerprint density at radius 3 is 2.72 bits per heavy atom. The standard InChI is InChI=1S/C26H32N6O4.H2/c1-27-25(33)20-7-8-28-23(31-20)13-17-3-5-19(6-4-17)36-22-15-18(32-9-11-35-12-10-32)14-21-24(22)26(34-2)30-16-29-21;/h7-8,14-17,19H,3-6,9-13H2,1-2H3,(H,27,33);1H. The van der Waals surface area contributed by atoms with Crippen LogP contribution in [0.15, 0.2) is 30.7 Å². The van der Waals surface area contributed by atoms with Crippen molar-refractivity contribution in [2.75, 3.05) is 45.4 Å². The fourth-order valence-corrected chi connectivity index (χ4v) is 5.01. The van der Waals surface area contributed by atoms with Gasteiger partial charge >= 0.3 is 0 Å². The Morgan fingerprint density at radius 2 is 1.97 bits per heavy atom. The highest BCUT2D eigenvalue weighted by atomic mass is 16.5. The summed E-state index contributed by atoms with van der Waals surface area (Å²) in [5, 5.41) is 3.42. The normalized spacial score (nSPS) is 20.2. The largest absolute Gasteiger partial charge is 0.489 e. The number of methoxy groups -OCH3 is 1. The molecule has 3 heterocycles. The molecule has 0 bridgehead atoms. The second-order valence-corrected chi connectivity index (χ2v) is 9.22. The van der Waals surface area contributed by atoms with Crippen LogP contribution in [0, 0.1) is 5.92 Å². The first-order valence-electron chi connectivity index (χ1n) is 12.5. The van der Waals surface area contributed by atoms with E-state index in [1.54, 1.807) is 26.4 Å². The van der Waals surface area contributed by atoms with E-state index < -0.39 is 0 Å². The Kier molecular flexibility index (Phi) is 7.41. The molecule has 2 fully saturated rings. The lowest BCUT2D eigenvalue weighted by Crippen LogP contribution is -2.36. The fraction of sp³-hybridized carbons (Fsp3) is 0.500. The monoisotopic (exact) mass is 494 g/mol. The van der Waals surface area contributed by atoms with E-state index >= 15 is 0 Å². The molecule has 10 heteroatoms. The van der Waals surface area contributed by atoms with E-state index in [1.807, 2.05) is 0 Å². The van der Waals surface area contributed by atoms with E-state index in [-0.39, 0.29) is 13.4 Å². The first-order valence-corrected chi connectivity index (χ1v) is 12.5. The highest BCUT2D eigenvalue weighted by molar-refractivity contribution is 5.93. The van der Waals surface area contributed by atoms with Crippen molar-refractivity contribution >= 4 is 22.5 Å². The second-order valence-electron chi connectivity index (χ2n) is 9.22. The molecule has 1 aromatic carbocycles. The number of carbonyl (C=O) groups excluding carboxylic acids is 1. The molecular formula is C26H34N6O4. The van der Waals surface area contributed by atoms with Gasteiger partial charge < -0.3 is 24.4 Å². The van der Waals surface area contributed by atoms with Crippen molar-refractivity contribution < 1.29 is 20.4 Å². The van der Waals surface area contributed by atoms with Gasteiger partial charge in [-0.25, -0.2) is 19.9 Å². The molecule has 1 aliphatic heterocycles. The average molecular weight is 495 g/mol. The summed E-state index contributed by atoms with van der Waals surface area (Å²) in [6.45, 7) is 3.09. The van der Waals surface area contributed by atoms with Crippen molar-refractivity contribution in [1.82, 2.24) is 25.3 Å². The lowest BCUT2D eigenvalue weighted by Gasteiger charge is -2.31. The summed E-state index contributed by atoms with van der Waals surface area (Å²) in [6.07, 6.45) is 7.91. The number of hydrogen-bond acceptors (Lipinski definition) is 9. The zero-order chi connectivity index (χ0) is 24.9. The number of carbonyl (C=O) groups is 1. The first-order chi connectivity index (χ1) is 17.6. The van der Waals surface area contributed by atoms with Crippen LogP contribution in [0.5, 0.6) is 11.6 Å². The molecule has 36 heavy (non-hydrogen) atoms. The van der Waals surface area contributed by atoms with Crippen molar-refractivity contribution in [3.05, 3.63) is 42.2 Å². The summed E-state index contributed by atoms with van der Waals surface area (Å²) in [5.74, 6) is 2.26. The van der Waals surface area contributed by atoms with E-state index in [9.17, 15) is 4.79 Å². The maximum atomic E-state index is 11.9. The predicted molar refractivity (Wildman–Crippen MR) is 137 cm³/mol. The molecule has 1 N–H and O–H groups in total. The Balaban J connectivity index is 0.00000320. The summed E-state index contributed by atoms with van der Waals surface area (Å²) >= 11 is 0. The van der Waals surface area contributed by atoms with E-state index in [0.29, 0.717) is 36.5 Å². The van der Waals surface area contributed by atoms with Crippen molar-refractivity contribution in [2.24, 2.45) is 5.92 Å². The number of fused-ring (bicyclic) bond motifs is 1. The molecule has 3 aromatic rings. The third kappa shape index (κ3) is 5.33. The van der Waals surface area contributed by atoms with Crippen LogP contribution in [0.2, 0.25) is 0 Å². The van der Waals surface area contributed by atoms with Gasteiger partial charge in [-0.15, -0.1) is 0 Å². The van der Waals surface area contributed by atoms with Gasteiger partial charge in [-0.05, 0) is 43.7 Å². The van der Waals surface area contributed by atoms with Gasteiger partial charge in [-0.2, -0.15) is 0 Å². The Bertz CT molecular complexity index is 1210. The summed E-state index contributed by atoms with van der Waals surface area (Å²) in [4.78, 5) is 31.8. The van der Waals surface area contributed by atoms with Gasteiger partial charge in [0.25, 0.3) is 5.91 Å². The summed E-state index contributed by atoms with van der Waals surface area (Å²) in [7, 11) is 3.22. The number of ether oxygens (including phenoxy) is 3. The van der Waals surface area contributed by atoms with Gasteiger partial charge in [0.15, 0.2) is 0 Å². The number of benzene rings is 1. The number of hydrogen-bond donors (Lipinski definition) is 1. The predicted octanol–water partition coefficient (Wildman–Crippen LogP) is 3.05. The van der Waals surface area contributed by atoms with Gasteiger partial charge in [0.1, 0.15) is 29.0 Å². The lowest BCUT2D eigenvalue weighted by atomic mass is 9.85. The van der Waals surface area contributed by atoms with Gasteiger partial charge in [-0.3, -0.25) is 4.79 Å². The van der Waals surface area contributed by atoms with Crippen molar-refractivity contribution in [1.29, 1.82) is 0 Å². The van der Waals surface area contributed by atoms with Crippen LogP contribution in [-0.2, 0) is 11.2 Å². The maximum absolute atomic E-state index is 11.9. The molecule has 0 radical (unpaired) electrons. The number of aromatic nitrogens is 4. The van der Waals surface area contributed by atoms with Crippen LogP contribution < -0.4 is 19.7 Å². The Hall–Kier alpha value is -3.53. The molecule has 1 amide bonds. The fourth-order valence-electron chi connectivity index (χ4n) is 5.01. The Labute approximate surface area is 211 Å². The third-order valence-electron chi connectivity index (χ3n) is 6.95. The molecular weight excluding hydrogens is 460 g/mol. The van der Waals surface area contributed by atoms with Gasteiger partial charge in [-0.1, -0.05) is 0 Å². The van der Waals surface area contributed by atoms with Crippen molar-refractivity contribution in [2.45, 2.75) is 38.2 Å². The van der Waals surface area contributed by atoms with Crippen LogP contribution >= 0.6 is 0 Å². The van der Waals surface area contributed by atoms with Gasteiger partial charge in [0, 0.05) is 45.9 Å². The molecule has 0 spiro atoms. The maximum Gasteiger partial charge on any atom is 0.269 e. The SMILES string of the molecule is CNC(=O)c1ccnc(CC2CCC(Oc3cc(N4CCOCC4)cc4ncnc(OC)c34)CC2)n1.[HH]. The number of nitrogens with zero attached hydrogens (tertiary/aromatic N) is 5. The summed E-state index contributed by atoms with van der Waals surface area (Å²) < 4.78 is 17.7. The number of morpholine rings is 1. The van der Waals surface area contributed by atoms with Crippen LogP contribution in [-0.4, -0.2) is 72.4 Å². The molecule has 1 aliphatic carbocycles. The van der Waals surface area contributed by atoms with E-state index in [2.05, 4.69) is 42.3 Å². The third-order valence-corrected chi connectivity index (χ3v) is 6.95.